The number of hydrogen-bond donors (Lipinski definition) is 0. The Bertz CT molecular complexity index is 330. The molecule has 3 nitrogen and oxygen atoms in total. The lowest BCUT2D eigenvalue weighted by Crippen LogP contribution is -2.26. The number of unbranched alkanes of at least 4 members (excludes halogenated alkanes) is 10. The van der Waals surface area contributed by atoms with Gasteiger partial charge in [0, 0.05) is 0 Å². The summed E-state index contributed by atoms with van der Waals surface area (Å²) in [6.45, 7) is 6.78. The molecule has 1 heterocycles. The second kappa shape index (κ2) is 10.8. The maximum atomic E-state index is 4.26. The Morgan fingerprint density at radius 2 is 1.33 bits per heavy atom. The van der Waals surface area contributed by atoms with Crippen molar-refractivity contribution in [3.05, 3.63) is 12.7 Å². The minimum absolute atomic E-state index is 0.107. The molecule has 0 aromatic carbocycles. The van der Waals surface area contributed by atoms with E-state index >= 15 is 0 Å². The van der Waals surface area contributed by atoms with Gasteiger partial charge in [-0.1, -0.05) is 77.6 Å². The first kappa shape index (κ1) is 18.2. The zero-order valence-corrected chi connectivity index (χ0v) is 14.5. The fourth-order valence-electron chi connectivity index (χ4n) is 2.86. The average Bonchev–Trinajstić information content (AvgIpc) is 3.00. The highest BCUT2D eigenvalue weighted by Gasteiger charge is 2.19. The van der Waals surface area contributed by atoms with Crippen molar-refractivity contribution in [2.75, 3.05) is 0 Å². The molecular weight excluding hydrogens is 258 g/mol. The fourth-order valence-corrected chi connectivity index (χ4v) is 2.86. The van der Waals surface area contributed by atoms with Crippen molar-refractivity contribution >= 4 is 0 Å². The van der Waals surface area contributed by atoms with Crippen LogP contribution in [0, 0.1) is 0 Å². The van der Waals surface area contributed by atoms with E-state index in [0.717, 1.165) is 0 Å². The van der Waals surface area contributed by atoms with Crippen LogP contribution in [0.1, 0.15) is 97.8 Å². The van der Waals surface area contributed by atoms with Crippen LogP contribution in [0.25, 0.3) is 0 Å². The summed E-state index contributed by atoms with van der Waals surface area (Å²) in [5.41, 5.74) is 0.107. The highest BCUT2D eigenvalue weighted by molar-refractivity contribution is 4.76. The minimum Gasteiger partial charge on any atom is -0.247 e. The zero-order valence-electron chi connectivity index (χ0n) is 14.5. The lowest BCUT2D eigenvalue weighted by Gasteiger charge is -2.24. The number of nitrogens with zero attached hydrogens (tertiary/aromatic N) is 3. The Hall–Kier alpha value is -0.860. The average molecular weight is 293 g/mol. The van der Waals surface area contributed by atoms with Crippen LogP contribution in [0.15, 0.2) is 12.7 Å². The molecule has 0 bridgehead atoms. The highest BCUT2D eigenvalue weighted by Crippen LogP contribution is 2.22. The van der Waals surface area contributed by atoms with Gasteiger partial charge in [0.05, 0.1) is 5.54 Å². The van der Waals surface area contributed by atoms with Gasteiger partial charge >= 0.3 is 0 Å². The third kappa shape index (κ3) is 8.23. The van der Waals surface area contributed by atoms with Crippen LogP contribution in [0.2, 0.25) is 0 Å². The Morgan fingerprint density at radius 1 is 0.810 bits per heavy atom. The van der Waals surface area contributed by atoms with E-state index in [9.17, 15) is 0 Å². The zero-order chi connectivity index (χ0) is 15.4. The number of rotatable bonds is 13. The summed E-state index contributed by atoms with van der Waals surface area (Å²) in [7, 11) is 0. The Labute approximate surface area is 131 Å². The van der Waals surface area contributed by atoms with Gasteiger partial charge in [-0.15, -0.1) is 0 Å². The lowest BCUT2D eigenvalue weighted by atomic mass is 9.96. The van der Waals surface area contributed by atoms with Crippen molar-refractivity contribution in [3.8, 4) is 0 Å². The van der Waals surface area contributed by atoms with Gasteiger partial charge in [0.2, 0.25) is 0 Å². The largest absolute Gasteiger partial charge is 0.247 e. The molecule has 0 saturated heterocycles. The van der Waals surface area contributed by atoms with E-state index in [1.165, 1.54) is 77.0 Å². The Morgan fingerprint density at radius 3 is 1.81 bits per heavy atom. The van der Waals surface area contributed by atoms with E-state index in [1.807, 2.05) is 11.0 Å². The molecule has 0 aliphatic rings. The molecule has 1 aromatic rings. The van der Waals surface area contributed by atoms with Crippen LogP contribution < -0.4 is 0 Å². The predicted octanol–water partition coefficient (Wildman–Crippen LogP) is 5.71. The van der Waals surface area contributed by atoms with Crippen LogP contribution in [-0.4, -0.2) is 14.8 Å². The fraction of sp³-hybridized carbons (Fsp3) is 0.889. The standard InChI is InChI=1S/C18H35N3/c1-4-5-6-7-8-9-10-11-12-13-14-15-18(2,3)21-17-19-16-20-21/h16-17H,4-15H2,1-3H3. The van der Waals surface area contributed by atoms with Gasteiger partial charge in [0.1, 0.15) is 12.7 Å². The molecular formula is C18H35N3. The van der Waals surface area contributed by atoms with Crippen molar-refractivity contribution in [1.29, 1.82) is 0 Å². The van der Waals surface area contributed by atoms with Crippen molar-refractivity contribution in [2.24, 2.45) is 0 Å². The maximum absolute atomic E-state index is 4.26. The van der Waals surface area contributed by atoms with Gasteiger partial charge in [0.25, 0.3) is 0 Å². The van der Waals surface area contributed by atoms with Gasteiger partial charge in [-0.25, -0.2) is 9.67 Å². The lowest BCUT2D eigenvalue weighted by molar-refractivity contribution is 0.283. The molecule has 0 radical (unpaired) electrons. The van der Waals surface area contributed by atoms with Crippen LogP contribution in [0.4, 0.5) is 0 Å². The molecule has 0 amide bonds. The molecule has 0 fully saturated rings. The second-order valence-corrected chi connectivity index (χ2v) is 6.94. The first-order chi connectivity index (χ1) is 10.2. The summed E-state index contributed by atoms with van der Waals surface area (Å²) in [5, 5.41) is 4.26. The predicted molar refractivity (Wildman–Crippen MR) is 90.4 cm³/mol. The van der Waals surface area contributed by atoms with Gasteiger partial charge in [0.15, 0.2) is 0 Å². The second-order valence-electron chi connectivity index (χ2n) is 6.94. The number of aromatic nitrogens is 3. The molecule has 0 aliphatic heterocycles. The van der Waals surface area contributed by atoms with E-state index in [2.05, 4.69) is 30.9 Å². The monoisotopic (exact) mass is 293 g/mol. The summed E-state index contributed by atoms with van der Waals surface area (Å²) < 4.78 is 1.99. The molecule has 0 spiro atoms. The number of hydrogen-bond acceptors (Lipinski definition) is 2. The summed E-state index contributed by atoms with van der Waals surface area (Å²) in [6.07, 6.45) is 20.1. The normalized spacial score (nSPS) is 12.0. The van der Waals surface area contributed by atoms with Crippen LogP contribution in [-0.2, 0) is 5.54 Å². The first-order valence-electron chi connectivity index (χ1n) is 9.02. The van der Waals surface area contributed by atoms with E-state index < -0.39 is 0 Å². The molecule has 0 unspecified atom stereocenters. The van der Waals surface area contributed by atoms with Crippen LogP contribution in [0.5, 0.6) is 0 Å². The van der Waals surface area contributed by atoms with Crippen molar-refractivity contribution in [1.82, 2.24) is 14.8 Å². The highest BCUT2D eigenvalue weighted by atomic mass is 15.3. The molecule has 0 saturated carbocycles. The molecule has 3 heteroatoms. The third-order valence-electron chi connectivity index (χ3n) is 4.43. The molecule has 1 aromatic heterocycles. The smallest absolute Gasteiger partial charge is 0.137 e. The van der Waals surface area contributed by atoms with Crippen molar-refractivity contribution in [3.63, 3.8) is 0 Å². The van der Waals surface area contributed by atoms with Crippen LogP contribution >= 0.6 is 0 Å². The molecule has 0 atom stereocenters. The van der Waals surface area contributed by atoms with Crippen LogP contribution in [0.3, 0.4) is 0 Å². The third-order valence-corrected chi connectivity index (χ3v) is 4.43. The summed E-state index contributed by atoms with van der Waals surface area (Å²) >= 11 is 0. The Balaban J connectivity index is 1.91. The summed E-state index contributed by atoms with van der Waals surface area (Å²) in [6, 6.07) is 0. The van der Waals surface area contributed by atoms with Gasteiger partial charge in [-0.2, -0.15) is 5.10 Å². The van der Waals surface area contributed by atoms with Gasteiger partial charge < -0.3 is 0 Å². The van der Waals surface area contributed by atoms with Gasteiger partial charge in [-0.3, -0.25) is 0 Å². The van der Waals surface area contributed by atoms with E-state index in [-0.39, 0.29) is 5.54 Å². The minimum atomic E-state index is 0.107. The molecule has 21 heavy (non-hydrogen) atoms. The summed E-state index contributed by atoms with van der Waals surface area (Å²) in [5.74, 6) is 0. The van der Waals surface area contributed by atoms with Crippen molar-refractivity contribution < 1.29 is 0 Å². The topological polar surface area (TPSA) is 30.7 Å². The van der Waals surface area contributed by atoms with E-state index in [1.54, 1.807) is 6.33 Å². The van der Waals surface area contributed by atoms with Crippen molar-refractivity contribution in [2.45, 2.75) is 103 Å². The molecule has 1 rings (SSSR count). The molecule has 122 valence electrons. The molecule has 0 N–H and O–H groups in total. The van der Waals surface area contributed by atoms with Gasteiger partial charge in [-0.05, 0) is 20.3 Å². The quantitative estimate of drug-likeness (QED) is 0.436. The van der Waals surface area contributed by atoms with E-state index in [0.29, 0.717) is 0 Å². The first-order valence-corrected chi connectivity index (χ1v) is 9.02. The maximum Gasteiger partial charge on any atom is 0.137 e. The van der Waals surface area contributed by atoms with E-state index in [4.69, 9.17) is 0 Å². The Kier molecular flexibility index (Phi) is 9.36. The molecule has 0 aliphatic carbocycles. The SMILES string of the molecule is CCCCCCCCCCCCCC(C)(C)n1cncn1. The summed E-state index contributed by atoms with van der Waals surface area (Å²) in [4.78, 5) is 4.05.